The van der Waals surface area contributed by atoms with Crippen molar-refractivity contribution >= 4 is 5.69 Å². The van der Waals surface area contributed by atoms with Gasteiger partial charge in [0.05, 0.1) is 18.2 Å². The molecule has 1 aromatic carbocycles. The number of aromatic nitrogens is 2. The first-order valence-electron chi connectivity index (χ1n) is 7.15. The number of rotatable bonds is 7. The molecule has 0 bridgehead atoms. The van der Waals surface area contributed by atoms with E-state index >= 15 is 0 Å². The fourth-order valence-corrected chi connectivity index (χ4v) is 2.22. The quantitative estimate of drug-likeness (QED) is 0.719. The molecular weight excluding hydrogens is 234 g/mol. The van der Waals surface area contributed by atoms with E-state index < -0.39 is 0 Å². The van der Waals surface area contributed by atoms with Gasteiger partial charge in [0.25, 0.3) is 0 Å². The molecule has 0 saturated carbocycles. The highest BCUT2D eigenvalue weighted by atomic mass is 14.9. The third-order valence-electron chi connectivity index (χ3n) is 3.35. The number of hydrogen-bond acceptors (Lipinski definition) is 2. The Morgan fingerprint density at radius 3 is 2.63 bits per heavy atom. The van der Waals surface area contributed by atoms with Crippen LogP contribution in [0.2, 0.25) is 0 Å². The lowest BCUT2D eigenvalue weighted by Crippen LogP contribution is -2.14. The van der Waals surface area contributed by atoms with Crippen LogP contribution in [0.25, 0.3) is 11.3 Å². The molecule has 2 N–H and O–H groups in total. The zero-order valence-corrected chi connectivity index (χ0v) is 11.8. The Bertz CT molecular complexity index is 459. The standard InChI is InChI=1S/C16H23N3/c1-3-4-5-6-13(2)19-15-9-7-14(8-10-15)16-11-17-12-18-16/h7-13,19H,3-6H2,1-2H3,(H,17,18). The lowest BCUT2D eigenvalue weighted by molar-refractivity contribution is 0.615. The number of unbranched alkanes of at least 4 members (excludes halogenated alkanes) is 2. The van der Waals surface area contributed by atoms with Crippen LogP contribution in [-0.2, 0) is 0 Å². The normalized spacial score (nSPS) is 12.3. The zero-order chi connectivity index (χ0) is 13.5. The molecule has 2 rings (SSSR count). The van der Waals surface area contributed by atoms with Gasteiger partial charge in [0, 0.05) is 11.7 Å². The highest BCUT2D eigenvalue weighted by molar-refractivity contribution is 5.62. The average molecular weight is 257 g/mol. The van der Waals surface area contributed by atoms with Gasteiger partial charge >= 0.3 is 0 Å². The molecule has 0 amide bonds. The van der Waals surface area contributed by atoms with Gasteiger partial charge in [-0.2, -0.15) is 0 Å². The van der Waals surface area contributed by atoms with E-state index in [2.05, 4.69) is 53.4 Å². The van der Waals surface area contributed by atoms with Crippen molar-refractivity contribution in [2.45, 2.75) is 45.6 Å². The van der Waals surface area contributed by atoms with E-state index in [4.69, 9.17) is 0 Å². The number of imidazole rings is 1. The van der Waals surface area contributed by atoms with Gasteiger partial charge in [0.1, 0.15) is 0 Å². The fourth-order valence-electron chi connectivity index (χ4n) is 2.22. The summed E-state index contributed by atoms with van der Waals surface area (Å²) < 4.78 is 0. The summed E-state index contributed by atoms with van der Waals surface area (Å²) in [6.45, 7) is 4.49. The first-order valence-corrected chi connectivity index (χ1v) is 7.15. The van der Waals surface area contributed by atoms with Gasteiger partial charge in [-0.25, -0.2) is 4.98 Å². The molecule has 0 saturated heterocycles. The largest absolute Gasteiger partial charge is 0.383 e. The highest BCUT2D eigenvalue weighted by Crippen LogP contribution is 2.19. The Hall–Kier alpha value is -1.77. The molecule has 102 valence electrons. The molecule has 1 unspecified atom stereocenters. The van der Waals surface area contributed by atoms with E-state index in [1.165, 1.54) is 36.9 Å². The minimum absolute atomic E-state index is 0.532. The van der Waals surface area contributed by atoms with Crippen molar-refractivity contribution in [1.29, 1.82) is 0 Å². The van der Waals surface area contributed by atoms with Crippen molar-refractivity contribution in [3.63, 3.8) is 0 Å². The summed E-state index contributed by atoms with van der Waals surface area (Å²) in [5, 5.41) is 3.55. The van der Waals surface area contributed by atoms with E-state index in [-0.39, 0.29) is 0 Å². The predicted molar refractivity (Wildman–Crippen MR) is 81.3 cm³/mol. The minimum Gasteiger partial charge on any atom is -0.383 e. The van der Waals surface area contributed by atoms with Crippen molar-refractivity contribution < 1.29 is 0 Å². The summed E-state index contributed by atoms with van der Waals surface area (Å²) in [5.74, 6) is 0. The number of nitrogens with one attached hydrogen (secondary N) is 2. The molecule has 1 heterocycles. The molecule has 19 heavy (non-hydrogen) atoms. The Morgan fingerprint density at radius 1 is 1.21 bits per heavy atom. The van der Waals surface area contributed by atoms with Crippen LogP contribution in [0.15, 0.2) is 36.8 Å². The summed E-state index contributed by atoms with van der Waals surface area (Å²) in [6, 6.07) is 9.03. The summed E-state index contributed by atoms with van der Waals surface area (Å²) in [6.07, 6.45) is 8.69. The molecule has 1 aromatic heterocycles. The molecule has 3 nitrogen and oxygen atoms in total. The molecule has 0 aliphatic heterocycles. The van der Waals surface area contributed by atoms with E-state index in [1.54, 1.807) is 6.33 Å². The van der Waals surface area contributed by atoms with Crippen LogP contribution in [-0.4, -0.2) is 16.0 Å². The third kappa shape index (κ3) is 4.12. The van der Waals surface area contributed by atoms with Gasteiger partial charge in [-0.05, 0) is 31.0 Å². The number of H-pyrrole nitrogens is 1. The molecule has 0 spiro atoms. The van der Waals surface area contributed by atoms with Crippen molar-refractivity contribution in [3.05, 3.63) is 36.8 Å². The van der Waals surface area contributed by atoms with Gasteiger partial charge in [-0.15, -0.1) is 0 Å². The maximum absolute atomic E-state index is 4.04. The lowest BCUT2D eigenvalue weighted by Gasteiger charge is -2.15. The monoisotopic (exact) mass is 257 g/mol. The van der Waals surface area contributed by atoms with Crippen LogP contribution in [0, 0.1) is 0 Å². The van der Waals surface area contributed by atoms with Crippen LogP contribution in [0.4, 0.5) is 5.69 Å². The molecule has 0 aliphatic carbocycles. The summed E-state index contributed by atoms with van der Waals surface area (Å²) in [5.41, 5.74) is 3.41. The topological polar surface area (TPSA) is 40.7 Å². The summed E-state index contributed by atoms with van der Waals surface area (Å²) in [7, 11) is 0. The maximum Gasteiger partial charge on any atom is 0.0924 e. The molecule has 3 heteroatoms. The number of nitrogens with zero attached hydrogens (tertiary/aromatic N) is 1. The van der Waals surface area contributed by atoms with Gasteiger partial charge in [-0.1, -0.05) is 38.3 Å². The smallest absolute Gasteiger partial charge is 0.0924 e. The first kappa shape index (κ1) is 13.7. The SMILES string of the molecule is CCCCCC(C)Nc1ccc(-c2cnc[nH]2)cc1. The summed E-state index contributed by atoms with van der Waals surface area (Å²) >= 11 is 0. The fraction of sp³-hybridized carbons (Fsp3) is 0.438. The van der Waals surface area contributed by atoms with Crippen LogP contribution in [0.1, 0.15) is 39.5 Å². The first-order chi connectivity index (χ1) is 9.29. The van der Waals surface area contributed by atoms with Crippen LogP contribution in [0.5, 0.6) is 0 Å². The molecule has 0 aliphatic rings. The van der Waals surface area contributed by atoms with Gasteiger partial charge < -0.3 is 10.3 Å². The number of aromatic amines is 1. The van der Waals surface area contributed by atoms with Crippen molar-refractivity contribution in [1.82, 2.24) is 9.97 Å². The van der Waals surface area contributed by atoms with Crippen molar-refractivity contribution in [2.75, 3.05) is 5.32 Å². The van der Waals surface area contributed by atoms with Crippen molar-refractivity contribution in [2.24, 2.45) is 0 Å². The number of anilines is 1. The van der Waals surface area contributed by atoms with Gasteiger partial charge in [-0.3, -0.25) is 0 Å². The van der Waals surface area contributed by atoms with Crippen LogP contribution in [0.3, 0.4) is 0 Å². The lowest BCUT2D eigenvalue weighted by atomic mass is 10.1. The third-order valence-corrected chi connectivity index (χ3v) is 3.35. The molecule has 0 fully saturated rings. The number of hydrogen-bond donors (Lipinski definition) is 2. The summed E-state index contributed by atoms with van der Waals surface area (Å²) in [4.78, 5) is 7.16. The molecule has 0 radical (unpaired) electrons. The maximum atomic E-state index is 4.04. The Kier molecular flexibility index (Phi) is 5.01. The van der Waals surface area contributed by atoms with Crippen LogP contribution < -0.4 is 5.32 Å². The second-order valence-electron chi connectivity index (χ2n) is 5.08. The molecular formula is C16H23N3. The Labute approximate surface area is 115 Å². The average Bonchev–Trinajstić information content (AvgIpc) is 2.94. The second-order valence-corrected chi connectivity index (χ2v) is 5.08. The van der Waals surface area contributed by atoms with E-state index in [0.717, 1.165) is 5.69 Å². The molecule has 1 atom stereocenters. The Morgan fingerprint density at radius 2 is 2.00 bits per heavy atom. The highest BCUT2D eigenvalue weighted by Gasteiger charge is 2.03. The number of benzene rings is 1. The van der Waals surface area contributed by atoms with E-state index in [0.29, 0.717) is 6.04 Å². The minimum atomic E-state index is 0.532. The zero-order valence-electron chi connectivity index (χ0n) is 11.8. The Balaban J connectivity index is 1.88. The van der Waals surface area contributed by atoms with E-state index in [9.17, 15) is 0 Å². The molecule has 2 aromatic rings. The predicted octanol–water partition coefficient (Wildman–Crippen LogP) is 4.46. The van der Waals surface area contributed by atoms with Crippen molar-refractivity contribution in [3.8, 4) is 11.3 Å². The van der Waals surface area contributed by atoms with E-state index in [1.807, 2.05) is 6.20 Å². The van der Waals surface area contributed by atoms with Gasteiger partial charge in [0.15, 0.2) is 0 Å². The van der Waals surface area contributed by atoms with Crippen LogP contribution >= 0.6 is 0 Å². The second kappa shape index (κ2) is 6.98. The van der Waals surface area contributed by atoms with Gasteiger partial charge in [0.2, 0.25) is 0 Å².